The van der Waals surface area contributed by atoms with E-state index in [1.165, 1.54) is 6.92 Å². The molecular formula is C33H54O11. The van der Waals surface area contributed by atoms with Gasteiger partial charge in [0, 0.05) is 50.4 Å². The first-order valence-electron chi connectivity index (χ1n) is 16.3. The standard InChI is InChI=1S/C33H54O11/c1-10-13-23(36)43-28-25(18(4)5)26-27(33(9,39)30(28)40-19(6)34)20-17-31(7,38)21(42-22(35)12-3)15-16-32(8,29(26)41-20)44-24(37)14-11-2/h18,20-21,25-30,38-39H,10-17H2,1-9H3. The molecule has 3 aliphatic rings. The smallest absolute Gasteiger partial charge is 0.306 e. The van der Waals surface area contributed by atoms with E-state index in [4.69, 9.17) is 23.7 Å². The Morgan fingerprint density at radius 1 is 0.909 bits per heavy atom. The molecule has 44 heavy (non-hydrogen) atoms. The number of fused-ring (bicyclic) bond motifs is 5. The Bertz CT molecular complexity index is 1050. The van der Waals surface area contributed by atoms with Crippen molar-refractivity contribution >= 4 is 23.9 Å². The lowest BCUT2D eigenvalue weighted by Gasteiger charge is -2.55. The first-order valence-corrected chi connectivity index (χ1v) is 16.3. The summed E-state index contributed by atoms with van der Waals surface area (Å²) in [7, 11) is 0. The van der Waals surface area contributed by atoms with E-state index in [2.05, 4.69) is 0 Å². The van der Waals surface area contributed by atoms with Crippen LogP contribution in [0.25, 0.3) is 0 Å². The van der Waals surface area contributed by atoms with Crippen LogP contribution in [0.4, 0.5) is 0 Å². The maximum absolute atomic E-state index is 13.1. The Kier molecular flexibility index (Phi) is 11.6. The van der Waals surface area contributed by atoms with Crippen LogP contribution in [0.1, 0.15) is 114 Å². The summed E-state index contributed by atoms with van der Waals surface area (Å²) in [5.74, 6) is -3.87. The molecule has 1 aliphatic carbocycles. The zero-order chi connectivity index (χ0) is 33.2. The van der Waals surface area contributed by atoms with E-state index in [9.17, 15) is 29.4 Å². The number of carbonyl (C=O) groups is 4. The second-order valence-corrected chi connectivity index (χ2v) is 13.9. The second kappa shape index (κ2) is 14.0. The fourth-order valence-electron chi connectivity index (χ4n) is 7.88. The first-order chi connectivity index (χ1) is 20.4. The average Bonchev–Trinajstić information content (AvgIpc) is 3.28. The Morgan fingerprint density at radius 3 is 2.07 bits per heavy atom. The molecule has 3 rings (SSSR count). The van der Waals surface area contributed by atoms with Gasteiger partial charge in [-0.3, -0.25) is 19.2 Å². The van der Waals surface area contributed by atoms with Crippen LogP contribution in [0.5, 0.6) is 0 Å². The molecule has 11 heteroatoms. The van der Waals surface area contributed by atoms with E-state index < -0.39 is 89.0 Å². The monoisotopic (exact) mass is 626 g/mol. The van der Waals surface area contributed by atoms with Crippen molar-refractivity contribution in [2.45, 2.75) is 161 Å². The van der Waals surface area contributed by atoms with E-state index in [1.54, 1.807) is 27.7 Å². The summed E-state index contributed by atoms with van der Waals surface area (Å²) in [5, 5.41) is 24.2. The molecule has 2 saturated heterocycles. The van der Waals surface area contributed by atoms with Gasteiger partial charge in [-0.1, -0.05) is 34.6 Å². The van der Waals surface area contributed by atoms with E-state index in [0.717, 1.165) is 0 Å². The molecule has 0 aromatic heterocycles. The topological polar surface area (TPSA) is 155 Å². The molecule has 252 valence electrons. The molecule has 1 saturated carbocycles. The zero-order valence-corrected chi connectivity index (χ0v) is 27.9. The largest absolute Gasteiger partial charge is 0.459 e. The minimum Gasteiger partial charge on any atom is -0.459 e. The lowest BCUT2D eigenvalue weighted by atomic mass is 9.55. The molecule has 2 N–H and O–H groups in total. The minimum absolute atomic E-state index is 0.0145. The zero-order valence-electron chi connectivity index (χ0n) is 27.9. The van der Waals surface area contributed by atoms with Gasteiger partial charge < -0.3 is 33.9 Å². The van der Waals surface area contributed by atoms with Crippen LogP contribution in [0.15, 0.2) is 0 Å². The van der Waals surface area contributed by atoms with Crippen LogP contribution >= 0.6 is 0 Å². The van der Waals surface area contributed by atoms with Gasteiger partial charge in [-0.25, -0.2) is 0 Å². The van der Waals surface area contributed by atoms with Crippen molar-refractivity contribution in [2.75, 3.05) is 0 Å². The van der Waals surface area contributed by atoms with Crippen molar-refractivity contribution in [3.63, 3.8) is 0 Å². The molecule has 0 aromatic rings. The van der Waals surface area contributed by atoms with E-state index in [1.807, 2.05) is 27.7 Å². The molecule has 0 radical (unpaired) electrons. The van der Waals surface area contributed by atoms with Crippen molar-refractivity contribution in [3.05, 3.63) is 0 Å². The van der Waals surface area contributed by atoms with Crippen LogP contribution in [0.3, 0.4) is 0 Å². The van der Waals surface area contributed by atoms with Gasteiger partial charge in [-0.15, -0.1) is 0 Å². The van der Waals surface area contributed by atoms with Crippen LogP contribution in [-0.4, -0.2) is 81.4 Å². The predicted octanol–water partition coefficient (Wildman–Crippen LogP) is 4.03. The van der Waals surface area contributed by atoms with Crippen molar-refractivity contribution in [2.24, 2.45) is 23.7 Å². The number of aliphatic hydroxyl groups is 2. The van der Waals surface area contributed by atoms with E-state index in [0.29, 0.717) is 12.8 Å². The first kappa shape index (κ1) is 36.2. The van der Waals surface area contributed by atoms with Crippen molar-refractivity contribution < 1.29 is 53.1 Å². The van der Waals surface area contributed by atoms with Gasteiger partial charge in [-0.2, -0.15) is 0 Å². The van der Waals surface area contributed by atoms with Gasteiger partial charge in [0.05, 0.1) is 6.10 Å². The molecule has 3 fully saturated rings. The van der Waals surface area contributed by atoms with Crippen molar-refractivity contribution in [1.82, 2.24) is 0 Å². The summed E-state index contributed by atoms with van der Waals surface area (Å²) < 4.78 is 30.6. The lowest BCUT2D eigenvalue weighted by molar-refractivity contribution is -0.243. The third kappa shape index (κ3) is 7.41. The lowest BCUT2D eigenvalue weighted by Crippen LogP contribution is -2.68. The average molecular weight is 627 g/mol. The summed E-state index contributed by atoms with van der Waals surface area (Å²) >= 11 is 0. The number of ether oxygens (including phenoxy) is 5. The summed E-state index contributed by atoms with van der Waals surface area (Å²) in [6.45, 7) is 15.5. The maximum Gasteiger partial charge on any atom is 0.306 e. The fraction of sp³-hybridized carbons (Fsp3) is 0.879. The van der Waals surface area contributed by atoms with Crippen molar-refractivity contribution in [3.8, 4) is 0 Å². The second-order valence-electron chi connectivity index (χ2n) is 13.9. The number of hydrogen-bond donors (Lipinski definition) is 2. The Balaban J connectivity index is 2.25. The SMILES string of the molecule is CCCC(=O)OC1C(C(C)C)C2C3OC(CC(C)(O)C(OC(=O)CC)CCC3(C)OC(=O)CCC)C2C(C)(O)C1OC(C)=O. The van der Waals surface area contributed by atoms with Gasteiger partial charge in [0.25, 0.3) is 0 Å². The normalized spacial score (nSPS) is 40.2. The molecule has 2 bridgehead atoms. The maximum atomic E-state index is 13.1. The Morgan fingerprint density at radius 2 is 1.52 bits per heavy atom. The van der Waals surface area contributed by atoms with Gasteiger partial charge in [-0.05, 0) is 52.4 Å². The summed E-state index contributed by atoms with van der Waals surface area (Å²) in [6, 6.07) is 0. The number of carbonyl (C=O) groups excluding carboxylic acids is 4. The van der Waals surface area contributed by atoms with Gasteiger partial charge in [0.1, 0.15) is 35.1 Å². The number of esters is 4. The van der Waals surface area contributed by atoms with Gasteiger partial charge in [0.2, 0.25) is 0 Å². The third-order valence-corrected chi connectivity index (χ3v) is 9.82. The molecule has 11 atom stereocenters. The predicted molar refractivity (Wildman–Crippen MR) is 159 cm³/mol. The van der Waals surface area contributed by atoms with Crippen LogP contribution in [0, 0.1) is 23.7 Å². The van der Waals surface area contributed by atoms with Gasteiger partial charge >= 0.3 is 23.9 Å². The summed E-state index contributed by atoms with van der Waals surface area (Å²) in [4.78, 5) is 50.9. The highest BCUT2D eigenvalue weighted by Crippen LogP contribution is 2.59. The van der Waals surface area contributed by atoms with Crippen LogP contribution in [0.2, 0.25) is 0 Å². The summed E-state index contributed by atoms with van der Waals surface area (Å²) in [5.41, 5.74) is -4.60. The summed E-state index contributed by atoms with van der Waals surface area (Å²) in [6.07, 6.45) is -2.79. The highest BCUT2D eigenvalue weighted by atomic mass is 16.6. The highest BCUT2D eigenvalue weighted by Gasteiger charge is 2.70. The molecule has 11 nitrogen and oxygen atoms in total. The minimum atomic E-state index is -1.78. The molecule has 2 heterocycles. The molecule has 0 aromatic carbocycles. The molecule has 2 aliphatic heterocycles. The Hall–Kier alpha value is -2.24. The number of rotatable bonds is 10. The number of hydrogen-bond acceptors (Lipinski definition) is 11. The molecular weight excluding hydrogens is 572 g/mol. The molecule has 0 spiro atoms. The third-order valence-electron chi connectivity index (χ3n) is 9.82. The van der Waals surface area contributed by atoms with Crippen LogP contribution < -0.4 is 0 Å². The van der Waals surface area contributed by atoms with E-state index >= 15 is 0 Å². The van der Waals surface area contributed by atoms with Crippen molar-refractivity contribution in [1.29, 1.82) is 0 Å². The Labute approximate surface area is 261 Å². The molecule has 11 unspecified atom stereocenters. The highest BCUT2D eigenvalue weighted by molar-refractivity contribution is 5.71. The fourth-order valence-corrected chi connectivity index (χ4v) is 7.88. The molecule has 0 amide bonds. The quantitative estimate of drug-likeness (QED) is 0.267. The van der Waals surface area contributed by atoms with Gasteiger partial charge in [0.15, 0.2) is 6.10 Å². The van der Waals surface area contributed by atoms with E-state index in [-0.39, 0.29) is 44.4 Å². The van der Waals surface area contributed by atoms with Crippen LogP contribution in [-0.2, 0) is 42.9 Å².